The van der Waals surface area contributed by atoms with Crippen molar-refractivity contribution in [2.75, 3.05) is 12.3 Å². The Labute approximate surface area is 113 Å². The molecule has 0 saturated heterocycles. The molecular weight excluding hydrogens is 242 g/mol. The third-order valence-corrected chi connectivity index (χ3v) is 3.95. The highest BCUT2D eigenvalue weighted by Crippen LogP contribution is 2.42. The maximum Gasteiger partial charge on any atom is 0.253 e. The van der Waals surface area contributed by atoms with Gasteiger partial charge in [-0.05, 0) is 19.4 Å². The van der Waals surface area contributed by atoms with Crippen LogP contribution in [-0.4, -0.2) is 29.6 Å². The van der Waals surface area contributed by atoms with Crippen LogP contribution in [0.4, 0.5) is 5.69 Å². The largest absolute Gasteiger partial charge is 0.397 e. The van der Waals surface area contributed by atoms with E-state index >= 15 is 0 Å². The molecule has 0 spiro atoms. The summed E-state index contributed by atoms with van der Waals surface area (Å²) in [7, 11) is 0. The first kappa shape index (κ1) is 13.8. The summed E-state index contributed by atoms with van der Waals surface area (Å²) in [5.41, 5.74) is 6.58. The van der Waals surface area contributed by atoms with E-state index in [1.54, 1.807) is 12.3 Å². The molecule has 1 fully saturated rings. The van der Waals surface area contributed by atoms with Gasteiger partial charge in [-0.25, -0.2) is 0 Å². The maximum atomic E-state index is 12.2. The minimum absolute atomic E-state index is 0.0482. The number of nitrogens with two attached hydrogens (primary N) is 1. The number of rotatable bonds is 4. The van der Waals surface area contributed by atoms with E-state index < -0.39 is 0 Å². The topological polar surface area (TPSA) is 77.2 Å². The number of carbonyl (C=O) groups is 1. The van der Waals surface area contributed by atoms with Gasteiger partial charge < -0.3 is 15.8 Å². The van der Waals surface area contributed by atoms with Crippen LogP contribution in [-0.2, 0) is 4.74 Å². The number of pyridine rings is 1. The summed E-state index contributed by atoms with van der Waals surface area (Å²) in [6.07, 6.45) is 4.11. The molecule has 1 amide bonds. The first-order valence-electron chi connectivity index (χ1n) is 6.58. The number of anilines is 1. The van der Waals surface area contributed by atoms with E-state index in [2.05, 4.69) is 24.1 Å². The second kappa shape index (κ2) is 5.17. The molecule has 1 aromatic rings. The van der Waals surface area contributed by atoms with Crippen molar-refractivity contribution in [2.45, 2.75) is 39.3 Å². The van der Waals surface area contributed by atoms with Crippen LogP contribution in [0.2, 0.25) is 0 Å². The zero-order chi connectivity index (χ0) is 14.0. The second-order valence-electron chi connectivity index (χ2n) is 5.49. The number of nitrogens with one attached hydrogen (secondary N) is 1. The highest BCUT2D eigenvalue weighted by molar-refractivity contribution is 5.99. The number of hydrogen-bond acceptors (Lipinski definition) is 4. The molecule has 1 aromatic heterocycles. The third-order valence-electron chi connectivity index (χ3n) is 3.95. The van der Waals surface area contributed by atoms with Gasteiger partial charge in [0.25, 0.3) is 5.91 Å². The van der Waals surface area contributed by atoms with Crippen LogP contribution in [0.25, 0.3) is 0 Å². The van der Waals surface area contributed by atoms with Gasteiger partial charge in [-0.1, -0.05) is 13.8 Å². The van der Waals surface area contributed by atoms with Crippen LogP contribution in [0, 0.1) is 5.41 Å². The van der Waals surface area contributed by atoms with E-state index in [-0.39, 0.29) is 23.5 Å². The molecule has 0 radical (unpaired) electrons. The fourth-order valence-corrected chi connectivity index (χ4v) is 2.46. The van der Waals surface area contributed by atoms with Crippen molar-refractivity contribution in [1.29, 1.82) is 0 Å². The lowest BCUT2D eigenvalue weighted by Crippen LogP contribution is -2.62. The molecule has 2 atom stereocenters. The van der Waals surface area contributed by atoms with E-state index in [4.69, 9.17) is 10.5 Å². The predicted octanol–water partition coefficient (Wildman–Crippen LogP) is 1.60. The van der Waals surface area contributed by atoms with Crippen molar-refractivity contribution in [3.05, 3.63) is 24.0 Å². The van der Waals surface area contributed by atoms with E-state index in [1.807, 2.05) is 6.92 Å². The Morgan fingerprint density at radius 2 is 2.37 bits per heavy atom. The summed E-state index contributed by atoms with van der Waals surface area (Å²) >= 11 is 0. The van der Waals surface area contributed by atoms with Crippen molar-refractivity contribution in [1.82, 2.24) is 10.3 Å². The Bertz CT molecular complexity index is 474. The molecule has 1 aliphatic rings. The highest BCUT2D eigenvalue weighted by Gasteiger charge is 2.49. The average molecular weight is 263 g/mol. The van der Waals surface area contributed by atoms with E-state index in [1.165, 1.54) is 6.20 Å². The molecule has 0 aliphatic heterocycles. The van der Waals surface area contributed by atoms with Crippen molar-refractivity contribution in [3.63, 3.8) is 0 Å². The minimum atomic E-state index is -0.145. The summed E-state index contributed by atoms with van der Waals surface area (Å²) in [6.45, 7) is 6.90. The Hall–Kier alpha value is -1.62. The smallest absolute Gasteiger partial charge is 0.253 e. The second-order valence-corrected chi connectivity index (χ2v) is 5.49. The van der Waals surface area contributed by atoms with Crippen molar-refractivity contribution >= 4 is 11.6 Å². The average Bonchev–Trinajstić information content (AvgIpc) is 2.38. The van der Waals surface area contributed by atoms with Crippen LogP contribution >= 0.6 is 0 Å². The van der Waals surface area contributed by atoms with E-state index in [9.17, 15) is 4.79 Å². The number of carbonyl (C=O) groups excluding carboxylic acids is 1. The number of aromatic nitrogens is 1. The zero-order valence-electron chi connectivity index (χ0n) is 11.6. The van der Waals surface area contributed by atoms with Crippen LogP contribution in [0.15, 0.2) is 18.5 Å². The standard InChI is InChI=1S/C14H21N3O2/c1-4-19-12-7-11(14(12,2)3)17-13(18)9-5-6-16-8-10(9)15/h5-6,8,11-12H,4,7,15H2,1-3H3,(H,17,18). The minimum Gasteiger partial charge on any atom is -0.397 e. The van der Waals surface area contributed by atoms with Gasteiger partial charge in [-0.2, -0.15) is 0 Å². The summed E-state index contributed by atoms with van der Waals surface area (Å²) in [6, 6.07) is 1.75. The first-order chi connectivity index (χ1) is 8.96. The van der Waals surface area contributed by atoms with Gasteiger partial charge in [0.1, 0.15) is 0 Å². The quantitative estimate of drug-likeness (QED) is 0.865. The van der Waals surface area contributed by atoms with E-state index in [0.29, 0.717) is 17.9 Å². The van der Waals surface area contributed by atoms with Crippen molar-refractivity contribution in [2.24, 2.45) is 5.41 Å². The summed E-state index contributed by atoms with van der Waals surface area (Å²) in [5, 5.41) is 3.03. The molecule has 3 N–H and O–H groups in total. The van der Waals surface area contributed by atoms with Crippen molar-refractivity contribution < 1.29 is 9.53 Å². The van der Waals surface area contributed by atoms with Crippen molar-refractivity contribution in [3.8, 4) is 0 Å². The fraction of sp³-hybridized carbons (Fsp3) is 0.571. The van der Waals surface area contributed by atoms with Gasteiger partial charge in [-0.3, -0.25) is 9.78 Å². The molecule has 1 saturated carbocycles. The molecule has 5 heteroatoms. The van der Waals surface area contributed by atoms with Gasteiger partial charge in [0.15, 0.2) is 0 Å². The van der Waals surface area contributed by atoms with Gasteiger partial charge in [0.2, 0.25) is 0 Å². The molecular formula is C14H21N3O2. The SMILES string of the molecule is CCOC1CC(NC(=O)c2ccncc2N)C1(C)C. The molecule has 19 heavy (non-hydrogen) atoms. The normalized spacial score (nSPS) is 24.6. The molecule has 5 nitrogen and oxygen atoms in total. The van der Waals surface area contributed by atoms with Crippen LogP contribution < -0.4 is 11.1 Å². The zero-order valence-corrected chi connectivity index (χ0v) is 11.6. The van der Waals surface area contributed by atoms with Gasteiger partial charge >= 0.3 is 0 Å². The van der Waals surface area contributed by atoms with Crippen LogP contribution in [0.1, 0.15) is 37.6 Å². The Morgan fingerprint density at radius 3 is 2.95 bits per heavy atom. The molecule has 0 aromatic carbocycles. The van der Waals surface area contributed by atoms with Crippen LogP contribution in [0.3, 0.4) is 0 Å². The lowest BCUT2D eigenvalue weighted by atomic mass is 9.64. The molecule has 1 aliphatic carbocycles. The Morgan fingerprint density at radius 1 is 1.63 bits per heavy atom. The maximum absolute atomic E-state index is 12.2. The first-order valence-corrected chi connectivity index (χ1v) is 6.58. The van der Waals surface area contributed by atoms with E-state index in [0.717, 1.165) is 6.42 Å². The van der Waals surface area contributed by atoms with Gasteiger partial charge in [0.05, 0.1) is 23.6 Å². The number of amides is 1. The van der Waals surface area contributed by atoms with Crippen LogP contribution in [0.5, 0.6) is 0 Å². The number of ether oxygens (including phenoxy) is 1. The third kappa shape index (κ3) is 2.56. The Kier molecular flexibility index (Phi) is 3.75. The molecule has 2 unspecified atom stereocenters. The summed E-state index contributed by atoms with van der Waals surface area (Å²) in [5.74, 6) is -0.145. The number of hydrogen-bond donors (Lipinski definition) is 2. The number of nitrogen functional groups attached to an aromatic ring is 1. The molecule has 104 valence electrons. The molecule has 2 rings (SSSR count). The molecule has 1 heterocycles. The van der Waals surface area contributed by atoms with Gasteiger partial charge in [-0.15, -0.1) is 0 Å². The fourth-order valence-electron chi connectivity index (χ4n) is 2.46. The predicted molar refractivity (Wildman–Crippen MR) is 73.7 cm³/mol. The molecule has 0 bridgehead atoms. The monoisotopic (exact) mass is 263 g/mol. The van der Waals surface area contributed by atoms with Gasteiger partial charge in [0, 0.05) is 24.3 Å². The summed E-state index contributed by atoms with van der Waals surface area (Å²) in [4.78, 5) is 16.0. The Balaban J connectivity index is 2.00. The lowest BCUT2D eigenvalue weighted by molar-refractivity contribution is -0.111. The number of nitrogens with zero attached hydrogens (tertiary/aromatic N) is 1. The summed E-state index contributed by atoms with van der Waals surface area (Å²) < 4.78 is 5.65. The lowest BCUT2D eigenvalue weighted by Gasteiger charge is -2.51. The highest BCUT2D eigenvalue weighted by atomic mass is 16.5.